The Balaban J connectivity index is 1.62. The highest BCUT2D eigenvalue weighted by Gasteiger charge is 2.37. The van der Waals surface area contributed by atoms with E-state index in [-0.39, 0.29) is 5.91 Å². The number of amides is 1. The van der Waals surface area contributed by atoms with Crippen molar-refractivity contribution in [3.8, 4) is 5.69 Å². The zero-order valence-electron chi connectivity index (χ0n) is 19.0. The predicted octanol–water partition coefficient (Wildman–Crippen LogP) is 3.90. The van der Waals surface area contributed by atoms with Crippen LogP contribution in [0, 0.1) is 6.92 Å². The number of nitrogens with one attached hydrogen (secondary N) is 1. The number of hydrazone groups is 1. The molecule has 0 spiro atoms. The number of benzene rings is 2. The number of carbonyl (C=O) groups excluding carboxylic acids is 1. The molecule has 0 fully saturated rings. The molecule has 9 heteroatoms. The van der Waals surface area contributed by atoms with Gasteiger partial charge in [-0.1, -0.05) is 79.5 Å². The minimum Gasteiger partial charge on any atom is -0.298 e. The first-order valence-corrected chi connectivity index (χ1v) is 12.7. The van der Waals surface area contributed by atoms with Crippen LogP contribution in [0.3, 0.4) is 0 Å². The molecule has 0 bridgehead atoms. The Hall–Kier alpha value is -3.10. The van der Waals surface area contributed by atoms with E-state index in [9.17, 15) is 4.79 Å². The molecule has 3 heterocycles. The second kappa shape index (κ2) is 9.64. The summed E-state index contributed by atoms with van der Waals surface area (Å²) in [5.74, 6) is 0.699. The summed E-state index contributed by atoms with van der Waals surface area (Å²) in [6.45, 7) is 4.08. The second-order valence-corrected chi connectivity index (χ2v) is 9.61. The molecule has 1 amide bonds. The van der Waals surface area contributed by atoms with Gasteiger partial charge in [0.25, 0.3) is 5.91 Å². The molecule has 3 aromatic rings. The Labute approximate surface area is 207 Å². The summed E-state index contributed by atoms with van der Waals surface area (Å²) in [6.07, 6.45) is 2.75. The smallest absolute Gasteiger partial charge is 0.276 e. The van der Waals surface area contributed by atoms with Crippen molar-refractivity contribution in [1.82, 2.24) is 20.1 Å². The van der Waals surface area contributed by atoms with Crippen LogP contribution in [0.4, 0.5) is 0 Å². The molecule has 0 saturated heterocycles. The third kappa shape index (κ3) is 4.12. The Morgan fingerprint density at radius 1 is 1.09 bits per heavy atom. The van der Waals surface area contributed by atoms with Crippen LogP contribution < -0.4 is 15.9 Å². The number of unbranched alkanes of at least 4 members (excludes halogenated alkanes) is 2. The van der Waals surface area contributed by atoms with E-state index in [1.807, 2.05) is 61.5 Å². The maximum Gasteiger partial charge on any atom is 0.276 e. The lowest BCUT2D eigenvalue weighted by Gasteiger charge is -2.34. The molecule has 0 saturated carbocycles. The Morgan fingerprint density at radius 3 is 2.65 bits per heavy atom. The summed E-state index contributed by atoms with van der Waals surface area (Å²) < 4.78 is 1.70. The first-order valence-electron chi connectivity index (χ1n) is 11.4. The average molecular weight is 493 g/mol. The Kier molecular flexibility index (Phi) is 6.43. The number of rotatable bonds is 6. The van der Waals surface area contributed by atoms with Crippen molar-refractivity contribution in [3.05, 3.63) is 81.6 Å². The molecule has 2 aliphatic heterocycles. The van der Waals surface area contributed by atoms with Crippen LogP contribution in [-0.2, 0) is 4.79 Å². The lowest BCUT2D eigenvalue weighted by molar-refractivity contribution is -0.116. The highest BCUT2D eigenvalue weighted by Crippen LogP contribution is 2.37. The van der Waals surface area contributed by atoms with Gasteiger partial charge in [0.2, 0.25) is 0 Å². The topological polar surface area (TPSA) is 74.9 Å². The largest absolute Gasteiger partial charge is 0.298 e. The van der Waals surface area contributed by atoms with Gasteiger partial charge in [-0.05, 0) is 31.5 Å². The van der Waals surface area contributed by atoms with E-state index in [2.05, 4.69) is 12.2 Å². The molecule has 5 rings (SSSR count). The molecule has 34 heavy (non-hydrogen) atoms. The highest BCUT2D eigenvalue weighted by molar-refractivity contribution is 8.13. The van der Waals surface area contributed by atoms with Crippen molar-refractivity contribution in [2.75, 3.05) is 5.75 Å². The number of carbonyl (C=O) groups is 1. The number of hydrogen-bond acceptors (Lipinski definition) is 6. The maximum absolute atomic E-state index is 13.3. The number of fused-ring (bicyclic) bond motifs is 2. The zero-order valence-corrected chi connectivity index (χ0v) is 20.6. The van der Waals surface area contributed by atoms with Gasteiger partial charge in [-0.2, -0.15) is 5.10 Å². The molecule has 2 aliphatic rings. The van der Waals surface area contributed by atoms with Crippen molar-refractivity contribution in [2.24, 2.45) is 10.1 Å². The molecule has 0 aliphatic carbocycles. The molecule has 2 aromatic carbocycles. The fourth-order valence-electron chi connectivity index (χ4n) is 4.15. The molecule has 7 nitrogen and oxygen atoms in total. The van der Waals surface area contributed by atoms with Crippen LogP contribution >= 0.6 is 23.4 Å². The van der Waals surface area contributed by atoms with Gasteiger partial charge in [0.05, 0.1) is 22.3 Å². The number of amidine groups is 1. The average Bonchev–Trinajstić information content (AvgIpc) is 3.15. The van der Waals surface area contributed by atoms with Crippen LogP contribution in [0.25, 0.3) is 11.4 Å². The summed E-state index contributed by atoms with van der Waals surface area (Å²) in [5.41, 5.74) is 2.79. The molecular formula is C25H25ClN6OS. The third-order valence-corrected chi connectivity index (χ3v) is 7.12. The third-order valence-electron chi connectivity index (χ3n) is 5.81. The van der Waals surface area contributed by atoms with E-state index < -0.39 is 6.17 Å². The summed E-state index contributed by atoms with van der Waals surface area (Å²) in [6, 6.07) is 17.3. The molecule has 174 valence electrons. The van der Waals surface area contributed by atoms with E-state index in [0.29, 0.717) is 16.0 Å². The van der Waals surface area contributed by atoms with E-state index in [4.69, 9.17) is 26.8 Å². The molecule has 0 radical (unpaired) electrons. The lowest BCUT2D eigenvalue weighted by Crippen LogP contribution is -2.50. The van der Waals surface area contributed by atoms with Crippen LogP contribution in [-0.4, -0.2) is 31.6 Å². The second-order valence-electron chi connectivity index (χ2n) is 8.17. The first-order chi connectivity index (χ1) is 16.6. The number of thioether (sulfide) groups is 1. The quantitative estimate of drug-likeness (QED) is 0.529. The summed E-state index contributed by atoms with van der Waals surface area (Å²) in [5, 5.41) is 16.7. The van der Waals surface area contributed by atoms with Gasteiger partial charge in [-0.25, -0.2) is 9.69 Å². The zero-order chi connectivity index (χ0) is 23.7. The van der Waals surface area contributed by atoms with E-state index in [1.165, 1.54) is 0 Å². The minimum atomic E-state index is -0.604. The normalized spacial score (nSPS) is 17.0. The van der Waals surface area contributed by atoms with E-state index in [1.54, 1.807) is 21.5 Å². The highest BCUT2D eigenvalue weighted by atomic mass is 35.5. The molecule has 1 N–H and O–H groups in total. The molecule has 1 unspecified atom stereocenters. The van der Waals surface area contributed by atoms with Gasteiger partial charge in [0.15, 0.2) is 11.3 Å². The summed E-state index contributed by atoms with van der Waals surface area (Å²) >= 11 is 8.45. The molecular weight excluding hydrogens is 468 g/mol. The first kappa shape index (κ1) is 22.7. The van der Waals surface area contributed by atoms with Gasteiger partial charge in [0, 0.05) is 11.0 Å². The Bertz CT molecular complexity index is 1380. The minimum absolute atomic E-state index is 0.190. The van der Waals surface area contributed by atoms with Crippen LogP contribution in [0.1, 0.15) is 43.6 Å². The van der Waals surface area contributed by atoms with Crippen LogP contribution in [0.2, 0.25) is 5.15 Å². The number of nitrogens with zero attached hydrogens (tertiary/aromatic N) is 5. The summed E-state index contributed by atoms with van der Waals surface area (Å²) in [4.78, 5) is 18.3. The van der Waals surface area contributed by atoms with Gasteiger partial charge >= 0.3 is 0 Å². The number of halogens is 1. The van der Waals surface area contributed by atoms with Gasteiger partial charge in [-0.15, -0.1) is 5.10 Å². The monoisotopic (exact) mass is 492 g/mol. The van der Waals surface area contributed by atoms with E-state index in [0.717, 1.165) is 52.5 Å². The number of hydrogen-bond donors (Lipinski definition) is 1. The molecule has 1 atom stereocenters. The van der Waals surface area contributed by atoms with Gasteiger partial charge in [-0.3, -0.25) is 15.1 Å². The van der Waals surface area contributed by atoms with Crippen molar-refractivity contribution < 1.29 is 4.79 Å². The number of aromatic nitrogens is 2. The predicted molar refractivity (Wildman–Crippen MR) is 136 cm³/mol. The number of para-hydroxylation sites is 2. The van der Waals surface area contributed by atoms with Gasteiger partial charge in [0.1, 0.15) is 10.9 Å². The standard InChI is InChI=1S/C25H25ClN6OS/c1-3-4-10-15-34-25-28-24(33)21-18-13-8-9-14-19(18)27-23(32(21)30-25)20-16(2)29-31(22(20)26)17-11-6-5-7-12-17/h5-9,11-14,23H,3-4,10,15H2,1-2H3,(H,28,30,33). The van der Waals surface area contributed by atoms with Crippen molar-refractivity contribution in [2.45, 2.75) is 39.3 Å². The van der Waals surface area contributed by atoms with Crippen molar-refractivity contribution in [1.29, 1.82) is 0 Å². The van der Waals surface area contributed by atoms with Gasteiger partial charge < -0.3 is 0 Å². The maximum atomic E-state index is 13.3. The van der Waals surface area contributed by atoms with Crippen molar-refractivity contribution >= 4 is 40.1 Å². The van der Waals surface area contributed by atoms with Crippen LogP contribution in [0.5, 0.6) is 0 Å². The SMILES string of the molecule is CCCCCSC1=NN2C(=c3ccccc3=NC2c2c(C)nn(-c3ccccc3)c2Cl)C(=O)N1. The summed E-state index contributed by atoms with van der Waals surface area (Å²) in [7, 11) is 0. The fourth-order valence-corrected chi connectivity index (χ4v) is 5.37. The van der Waals surface area contributed by atoms with Crippen molar-refractivity contribution in [3.63, 3.8) is 0 Å². The fraction of sp³-hybridized carbons (Fsp3) is 0.280. The lowest BCUT2D eigenvalue weighted by atomic mass is 10.1. The number of aryl methyl sites for hydroxylation is 1. The van der Waals surface area contributed by atoms with E-state index >= 15 is 0 Å². The Morgan fingerprint density at radius 2 is 1.85 bits per heavy atom. The molecule has 1 aromatic heterocycles. The van der Waals surface area contributed by atoms with Crippen LogP contribution in [0.15, 0.2) is 64.7 Å².